The number of likely N-dealkylation sites (tertiary alicyclic amines) is 1. The van der Waals surface area contributed by atoms with Crippen LogP contribution in [0.5, 0.6) is 0 Å². The molecule has 1 N–H and O–H groups in total. The Morgan fingerprint density at radius 1 is 1.38 bits per heavy atom. The van der Waals surface area contributed by atoms with E-state index in [2.05, 4.69) is 22.1 Å². The Morgan fingerprint density at radius 3 is 2.90 bits per heavy atom. The summed E-state index contributed by atoms with van der Waals surface area (Å²) in [6, 6.07) is 3.71. The molecule has 2 atom stereocenters. The van der Waals surface area contributed by atoms with Gasteiger partial charge in [-0.3, -0.25) is 9.88 Å². The van der Waals surface area contributed by atoms with E-state index >= 15 is 0 Å². The minimum atomic E-state index is -0.250. The fourth-order valence-electron chi connectivity index (χ4n) is 4.13. The van der Waals surface area contributed by atoms with Gasteiger partial charge in [0.2, 0.25) is 0 Å². The highest BCUT2D eigenvalue weighted by Gasteiger charge is 2.38. The van der Waals surface area contributed by atoms with E-state index in [1.807, 2.05) is 6.07 Å². The summed E-state index contributed by atoms with van der Waals surface area (Å²) in [5.74, 6) is -0.250. The standard InChI is InChI=1S/C17H26FN3/c1-2-16(15-6-5-14(18)11-20-15)21-10-4-8-17(13-21)7-3-9-19-12-17/h5-6,11,16,19H,2-4,7-10,12-13H2,1H3. The minimum Gasteiger partial charge on any atom is -0.316 e. The molecule has 2 fully saturated rings. The lowest BCUT2D eigenvalue weighted by Crippen LogP contribution is -2.51. The van der Waals surface area contributed by atoms with Gasteiger partial charge < -0.3 is 5.32 Å². The topological polar surface area (TPSA) is 28.2 Å². The van der Waals surface area contributed by atoms with E-state index in [1.54, 1.807) is 0 Å². The third-order valence-corrected chi connectivity index (χ3v) is 5.17. The van der Waals surface area contributed by atoms with Crippen LogP contribution in [0, 0.1) is 11.2 Å². The number of hydrogen-bond acceptors (Lipinski definition) is 3. The number of halogens is 1. The van der Waals surface area contributed by atoms with Gasteiger partial charge in [-0.2, -0.15) is 0 Å². The number of aromatic nitrogens is 1. The van der Waals surface area contributed by atoms with Crippen molar-refractivity contribution in [1.29, 1.82) is 0 Å². The first-order valence-corrected chi connectivity index (χ1v) is 8.29. The van der Waals surface area contributed by atoms with Gasteiger partial charge in [0.05, 0.1) is 17.9 Å². The maximum Gasteiger partial charge on any atom is 0.141 e. The normalized spacial score (nSPS) is 28.7. The van der Waals surface area contributed by atoms with Crippen molar-refractivity contribution in [2.45, 2.75) is 45.1 Å². The Hall–Kier alpha value is -1.00. The minimum absolute atomic E-state index is 0.250. The average Bonchev–Trinajstić information content (AvgIpc) is 2.51. The van der Waals surface area contributed by atoms with Gasteiger partial charge >= 0.3 is 0 Å². The molecule has 3 nitrogen and oxygen atoms in total. The van der Waals surface area contributed by atoms with Crippen LogP contribution in [-0.2, 0) is 0 Å². The molecule has 21 heavy (non-hydrogen) atoms. The predicted octanol–water partition coefficient (Wildman–Crippen LogP) is 3.14. The first-order chi connectivity index (χ1) is 10.2. The highest BCUT2D eigenvalue weighted by molar-refractivity contribution is 5.11. The molecule has 0 bridgehead atoms. The number of nitrogens with zero attached hydrogens (tertiary/aromatic N) is 2. The summed E-state index contributed by atoms with van der Waals surface area (Å²) >= 11 is 0. The number of rotatable bonds is 3. The first-order valence-electron chi connectivity index (χ1n) is 8.29. The van der Waals surface area contributed by atoms with Gasteiger partial charge in [-0.05, 0) is 62.7 Å². The van der Waals surface area contributed by atoms with Gasteiger partial charge in [0, 0.05) is 13.1 Å². The lowest BCUT2D eigenvalue weighted by molar-refractivity contribution is 0.0344. The molecule has 2 saturated heterocycles. The van der Waals surface area contributed by atoms with Crippen molar-refractivity contribution in [2.75, 3.05) is 26.2 Å². The maximum atomic E-state index is 13.1. The first kappa shape index (κ1) is 14.9. The van der Waals surface area contributed by atoms with Gasteiger partial charge in [0.1, 0.15) is 5.82 Å². The highest BCUT2D eigenvalue weighted by atomic mass is 19.1. The fourth-order valence-corrected chi connectivity index (χ4v) is 4.13. The lowest BCUT2D eigenvalue weighted by Gasteiger charge is -2.47. The van der Waals surface area contributed by atoms with Crippen molar-refractivity contribution in [2.24, 2.45) is 5.41 Å². The molecule has 2 aliphatic heterocycles. The largest absolute Gasteiger partial charge is 0.316 e. The molecule has 0 saturated carbocycles. The molecule has 0 radical (unpaired) electrons. The van der Waals surface area contributed by atoms with Crippen LogP contribution >= 0.6 is 0 Å². The number of hydrogen-bond donors (Lipinski definition) is 1. The molecule has 2 unspecified atom stereocenters. The predicted molar refractivity (Wildman–Crippen MR) is 82.6 cm³/mol. The Labute approximate surface area is 126 Å². The van der Waals surface area contributed by atoms with E-state index in [4.69, 9.17) is 0 Å². The van der Waals surface area contributed by atoms with E-state index in [1.165, 1.54) is 44.5 Å². The Morgan fingerprint density at radius 2 is 2.24 bits per heavy atom. The molecule has 0 amide bonds. The molecule has 3 rings (SSSR count). The summed E-state index contributed by atoms with van der Waals surface area (Å²) in [6.07, 6.45) is 7.61. The van der Waals surface area contributed by atoms with Crippen molar-refractivity contribution < 1.29 is 4.39 Å². The molecule has 4 heteroatoms. The van der Waals surface area contributed by atoms with Crippen LogP contribution in [0.1, 0.15) is 50.8 Å². The molecule has 0 aliphatic carbocycles. The van der Waals surface area contributed by atoms with Crippen LogP contribution in [0.2, 0.25) is 0 Å². The molecule has 1 aromatic heterocycles. The zero-order valence-electron chi connectivity index (χ0n) is 12.9. The van der Waals surface area contributed by atoms with Gasteiger partial charge in [0.15, 0.2) is 0 Å². The summed E-state index contributed by atoms with van der Waals surface area (Å²) in [7, 11) is 0. The van der Waals surface area contributed by atoms with E-state index in [0.717, 1.165) is 31.7 Å². The molecule has 0 aromatic carbocycles. The summed E-state index contributed by atoms with van der Waals surface area (Å²) < 4.78 is 13.1. The van der Waals surface area contributed by atoms with Crippen LogP contribution in [0.15, 0.2) is 18.3 Å². The van der Waals surface area contributed by atoms with Gasteiger partial charge in [0.25, 0.3) is 0 Å². The molecule has 116 valence electrons. The van der Waals surface area contributed by atoms with Gasteiger partial charge in [-0.25, -0.2) is 4.39 Å². The van der Waals surface area contributed by atoms with Crippen molar-refractivity contribution in [3.63, 3.8) is 0 Å². The smallest absolute Gasteiger partial charge is 0.141 e. The molecule has 3 heterocycles. The summed E-state index contributed by atoms with van der Waals surface area (Å²) in [5.41, 5.74) is 1.46. The van der Waals surface area contributed by atoms with E-state index in [0.29, 0.717) is 11.5 Å². The Bertz CT molecular complexity index is 448. The Kier molecular flexibility index (Phi) is 4.55. The fraction of sp³-hybridized carbons (Fsp3) is 0.706. The van der Waals surface area contributed by atoms with Crippen LogP contribution in [-0.4, -0.2) is 36.1 Å². The summed E-state index contributed by atoms with van der Waals surface area (Å²) in [5, 5.41) is 3.58. The number of nitrogens with one attached hydrogen (secondary N) is 1. The molecule has 2 aliphatic rings. The number of pyridine rings is 1. The number of piperidine rings is 2. The zero-order valence-corrected chi connectivity index (χ0v) is 12.9. The van der Waals surface area contributed by atoms with Crippen LogP contribution in [0.4, 0.5) is 4.39 Å². The second kappa shape index (κ2) is 6.41. The van der Waals surface area contributed by atoms with Crippen LogP contribution < -0.4 is 5.32 Å². The maximum absolute atomic E-state index is 13.1. The van der Waals surface area contributed by atoms with Crippen molar-refractivity contribution in [3.8, 4) is 0 Å². The lowest BCUT2D eigenvalue weighted by atomic mass is 9.74. The summed E-state index contributed by atoms with van der Waals surface area (Å²) in [4.78, 5) is 6.91. The van der Waals surface area contributed by atoms with Crippen LogP contribution in [0.25, 0.3) is 0 Å². The summed E-state index contributed by atoms with van der Waals surface area (Å²) in [6.45, 7) is 6.81. The SMILES string of the molecule is CCC(c1ccc(F)cn1)N1CCCC2(CCCNC2)C1. The third kappa shape index (κ3) is 3.27. The molecular weight excluding hydrogens is 265 g/mol. The molecular formula is C17H26FN3. The van der Waals surface area contributed by atoms with E-state index < -0.39 is 0 Å². The molecule has 1 spiro atoms. The second-order valence-electron chi connectivity index (χ2n) is 6.68. The van der Waals surface area contributed by atoms with Crippen molar-refractivity contribution in [1.82, 2.24) is 15.2 Å². The van der Waals surface area contributed by atoms with Crippen molar-refractivity contribution >= 4 is 0 Å². The van der Waals surface area contributed by atoms with Gasteiger partial charge in [-0.15, -0.1) is 0 Å². The Balaban J connectivity index is 1.75. The van der Waals surface area contributed by atoms with Crippen molar-refractivity contribution in [3.05, 3.63) is 29.8 Å². The third-order valence-electron chi connectivity index (χ3n) is 5.17. The zero-order chi connectivity index (χ0) is 14.7. The molecule has 1 aromatic rings. The van der Waals surface area contributed by atoms with Crippen LogP contribution in [0.3, 0.4) is 0 Å². The quantitative estimate of drug-likeness (QED) is 0.927. The van der Waals surface area contributed by atoms with E-state index in [9.17, 15) is 4.39 Å². The highest BCUT2D eigenvalue weighted by Crippen LogP contribution is 2.39. The monoisotopic (exact) mass is 291 g/mol. The second-order valence-corrected chi connectivity index (χ2v) is 6.68. The van der Waals surface area contributed by atoms with E-state index in [-0.39, 0.29) is 5.82 Å². The average molecular weight is 291 g/mol. The van der Waals surface area contributed by atoms with Gasteiger partial charge in [-0.1, -0.05) is 6.92 Å².